The minimum atomic E-state index is -0.280. The number of hydrogen-bond acceptors (Lipinski definition) is 4. The largest absolute Gasteiger partial charge is 0.375 e. The molecule has 0 aromatic carbocycles. The zero-order valence-electron chi connectivity index (χ0n) is 13.6. The minimum Gasteiger partial charge on any atom is -0.375 e. The Morgan fingerprint density at radius 1 is 1.43 bits per heavy atom. The maximum absolute atomic E-state index is 12.6. The second-order valence-electron chi connectivity index (χ2n) is 6.51. The maximum atomic E-state index is 12.6. The van der Waals surface area contributed by atoms with Crippen LogP contribution >= 0.6 is 0 Å². The van der Waals surface area contributed by atoms with Gasteiger partial charge >= 0.3 is 0 Å². The third-order valence-corrected chi connectivity index (χ3v) is 4.44. The summed E-state index contributed by atoms with van der Waals surface area (Å²) in [5.41, 5.74) is 0.753. The molecule has 0 saturated carbocycles. The minimum absolute atomic E-state index is 0.00845. The van der Waals surface area contributed by atoms with Crippen molar-refractivity contribution in [3.05, 3.63) is 30.1 Å². The Labute approximate surface area is 136 Å². The fourth-order valence-electron chi connectivity index (χ4n) is 3.44. The molecule has 6 heteroatoms. The molecule has 0 radical (unpaired) electrons. The van der Waals surface area contributed by atoms with Gasteiger partial charge in [-0.1, -0.05) is 6.07 Å². The number of amides is 2. The van der Waals surface area contributed by atoms with Gasteiger partial charge in [-0.15, -0.1) is 0 Å². The molecule has 124 valence electrons. The van der Waals surface area contributed by atoms with Crippen LogP contribution < -0.4 is 5.32 Å². The lowest BCUT2D eigenvalue weighted by Crippen LogP contribution is -2.41. The summed E-state index contributed by atoms with van der Waals surface area (Å²) in [6.07, 6.45) is 2.57. The number of carbonyl (C=O) groups excluding carboxylic acids is 2. The molecule has 1 N–H and O–H groups in total. The van der Waals surface area contributed by atoms with Crippen LogP contribution in [0.15, 0.2) is 24.4 Å². The molecule has 0 bridgehead atoms. The first-order valence-electron chi connectivity index (χ1n) is 8.17. The molecule has 1 aromatic heterocycles. The van der Waals surface area contributed by atoms with Gasteiger partial charge in [0, 0.05) is 31.1 Å². The Kier molecular flexibility index (Phi) is 4.61. The van der Waals surface area contributed by atoms with Gasteiger partial charge in [0.15, 0.2) is 0 Å². The van der Waals surface area contributed by atoms with Crippen LogP contribution in [-0.4, -0.2) is 53.0 Å². The molecule has 1 aromatic rings. The molecular weight excluding hydrogens is 294 g/mol. The van der Waals surface area contributed by atoms with Crippen LogP contribution in [0.3, 0.4) is 0 Å². The van der Waals surface area contributed by atoms with Crippen LogP contribution in [0.25, 0.3) is 0 Å². The fourth-order valence-corrected chi connectivity index (χ4v) is 3.44. The molecule has 2 fully saturated rings. The number of nitrogens with one attached hydrogen (secondary N) is 1. The monoisotopic (exact) mass is 317 g/mol. The smallest absolute Gasteiger partial charge is 0.228 e. The highest BCUT2D eigenvalue weighted by atomic mass is 16.5. The van der Waals surface area contributed by atoms with E-state index in [1.807, 2.05) is 36.9 Å². The van der Waals surface area contributed by atoms with Crippen LogP contribution in [0.1, 0.15) is 26.0 Å². The van der Waals surface area contributed by atoms with Crippen LogP contribution in [-0.2, 0) is 20.7 Å². The summed E-state index contributed by atoms with van der Waals surface area (Å²) in [6.45, 7) is 4.90. The topological polar surface area (TPSA) is 71.5 Å². The second kappa shape index (κ2) is 6.66. The number of fused-ring (bicyclic) bond motifs is 1. The van der Waals surface area contributed by atoms with Gasteiger partial charge in [0.05, 0.1) is 24.5 Å². The summed E-state index contributed by atoms with van der Waals surface area (Å²) in [7, 11) is 0. The molecule has 0 unspecified atom stereocenters. The van der Waals surface area contributed by atoms with Gasteiger partial charge in [-0.05, 0) is 32.4 Å². The number of ether oxygens (including phenoxy) is 1. The number of pyridine rings is 1. The molecule has 2 aliphatic heterocycles. The standard InChI is InChI=1S/C17H23N3O3/c1-11(2)19-17(22)13-10-20(14-6-8-23-16(13)14)15(21)9-12-5-3-4-7-18-12/h3-5,7,11,13-14,16H,6,8-10H2,1-2H3,(H,19,22)/t13-,14+,16-/m1/s1. The number of likely N-dealkylation sites (tertiary alicyclic amines) is 1. The Morgan fingerprint density at radius 3 is 2.96 bits per heavy atom. The number of aromatic nitrogens is 1. The quantitative estimate of drug-likeness (QED) is 0.890. The summed E-state index contributed by atoms with van der Waals surface area (Å²) in [4.78, 5) is 31.1. The van der Waals surface area contributed by atoms with Crippen LogP contribution in [0.5, 0.6) is 0 Å². The predicted octanol–water partition coefficient (Wildman–Crippen LogP) is 0.765. The third kappa shape index (κ3) is 3.37. The number of hydrogen-bond donors (Lipinski definition) is 1. The molecule has 2 saturated heterocycles. The third-order valence-electron chi connectivity index (χ3n) is 4.44. The molecule has 6 nitrogen and oxygen atoms in total. The van der Waals surface area contributed by atoms with Crippen molar-refractivity contribution in [1.29, 1.82) is 0 Å². The first-order chi connectivity index (χ1) is 11.1. The molecular formula is C17H23N3O3. The van der Waals surface area contributed by atoms with E-state index in [4.69, 9.17) is 4.74 Å². The van der Waals surface area contributed by atoms with Crippen molar-refractivity contribution in [2.75, 3.05) is 13.2 Å². The van der Waals surface area contributed by atoms with Crippen molar-refractivity contribution in [2.24, 2.45) is 5.92 Å². The van der Waals surface area contributed by atoms with E-state index in [-0.39, 0.29) is 42.3 Å². The highest BCUT2D eigenvalue weighted by Gasteiger charge is 2.50. The summed E-state index contributed by atoms with van der Waals surface area (Å²) in [6, 6.07) is 5.64. The van der Waals surface area contributed by atoms with Gasteiger partial charge in [0.1, 0.15) is 0 Å². The van der Waals surface area contributed by atoms with E-state index in [0.29, 0.717) is 13.2 Å². The van der Waals surface area contributed by atoms with E-state index in [1.54, 1.807) is 6.20 Å². The summed E-state index contributed by atoms with van der Waals surface area (Å²) >= 11 is 0. The van der Waals surface area contributed by atoms with Crippen molar-refractivity contribution < 1.29 is 14.3 Å². The Bertz CT molecular complexity index is 576. The Morgan fingerprint density at radius 2 is 2.26 bits per heavy atom. The Hall–Kier alpha value is -1.95. The van der Waals surface area contributed by atoms with E-state index in [2.05, 4.69) is 10.3 Å². The molecule has 3 rings (SSSR count). The highest BCUT2D eigenvalue weighted by molar-refractivity contribution is 5.84. The van der Waals surface area contributed by atoms with Crippen molar-refractivity contribution in [3.63, 3.8) is 0 Å². The first-order valence-corrected chi connectivity index (χ1v) is 8.17. The molecule has 0 spiro atoms. The zero-order chi connectivity index (χ0) is 16.4. The molecule has 2 amide bonds. The lowest BCUT2D eigenvalue weighted by atomic mass is 10.0. The molecule has 23 heavy (non-hydrogen) atoms. The molecule has 2 aliphatic rings. The molecule has 3 heterocycles. The van der Waals surface area contributed by atoms with E-state index >= 15 is 0 Å². The molecule has 3 atom stereocenters. The molecule has 0 aliphatic carbocycles. The van der Waals surface area contributed by atoms with Crippen molar-refractivity contribution in [2.45, 2.75) is 44.9 Å². The second-order valence-corrected chi connectivity index (χ2v) is 6.51. The number of rotatable bonds is 4. The van der Waals surface area contributed by atoms with E-state index in [9.17, 15) is 9.59 Å². The van der Waals surface area contributed by atoms with E-state index in [1.165, 1.54) is 0 Å². The summed E-state index contributed by atoms with van der Waals surface area (Å²) in [5, 5.41) is 2.94. The van der Waals surface area contributed by atoms with Crippen LogP contribution in [0.2, 0.25) is 0 Å². The van der Waals surface area contributed by atoms with Gasteiger partial charge in [0.2, 0.25) is 11.8 Å². The zero-order valence-corrected chi connectivity index (χ0v) is 13.6. The summed E-state index contributed by atoms with van der Waals surface area (Å²) in [5.74, 6) is -0.285. The van der Waals surface area contributed by atoms with Gasteiger partial charge in [-0.3, -0.25) is 14.6 Å². The van der Waals surface area contributed by atoms with Crippen molar-refractivity contribution >= 4 is 11.8 Å². The number of nitrogens with zero attached hydrogens (tertiary/aromatic N) is 2. The van der Waals surface area contributed by atoms with Crippen molar-refractivity contribution in [3.8, 4) is 0 Å². The normalized spacial score (nSPS) is 26.4. The first kappa shape index (κ1) is 15.9. The van der Waals surface area contributed by atoms with Crippen LogP contribution in [0.4, 0.5) is 0 Å². The van der Waals surface area contributed by atoms with E-state index in [0.717, 1.165) is 12.1 Å². The summed E-state index contributed by atoms with van der Waals surface area (Å²) < 4.78 is 5.75. The van der Waals surface area contributed by atoms with Gasteiger partial charge in [0.25, 0.3) is 0 Å². The number of carbonyl (C=O) groups is 2. The van der Waals surface area contributed by atoms with Gasteiger partial charge in [-0.25, -0.2) is 0 Å². The average Bonchev–Trinajstić information content (AvgIpc) is 3.08. The highest BCUT2D eigenvalue weighted by Crippen LogP contribution is 2.34. The van der Waals surface area contributed by atoms with Gasteiger partial charge in [-0.2, -0.15) is 0 Å². The van der Waals surface area contributed by atoms with Gasteiger partial charge < -0.3 is 15.0 Å². The van der Waals surface area contributed by atoms with Crippen LogP contribution in [0, 0.1) is 5.92 Å². The SMILES string of the molecule is CC(C)NC(=O)[C@@H]1CN(C(=O)Cc2ccccn2)[C@H]2CCO[C@H]12. The maximum Gasteiger partial charge on any atom is 0.228 e. The lowest BCUT2D eigenvalue weighted by Gasteiger charge is -2.22. The predicted molar refractivity (Wildman–Crippen MR) is 84.6 cm³/mol. The average molecular weight is 317 g/mol. The van der Waals surface area contributed by atoms with E-state index < -0.39 is 0 Å². The fraction of sp³-hybridized carbons (Fsp3) is 0.588. The lowest BCUT2D eigenvalue weighted by molar-refractivity contribution is -0.131. The van der Waals surface area contributed by atoms with Crippen molar-refractivity contribution in [1.82, 2.24) is 15.2 Å². The Balaban J connectivity index is 1.70.